The van der Waals surface area contributed by atoms with E-state index >= 15 is 0 Å². The van der Waals surface area contributed by atoms with Gasteiger partial charge in [0.2, 0.25) is 0 Å². The molecule has 8 heteroatoms. The third-order valence-corrected chi connectivity index (χ3v) is 3.79. The summed E-state index contributed by atoms with van der Waals surface area (Å²) < 4.78 is 10.4. The second-order valence-electron chi connectivity index (χ2n) is 4.31. The van der Waals surface area contributed by atoms with Crippen LogP contribution in [-0.4, -0.2) is 23.5 Å². The smallest absolute Gasteiger partial charge is 0.146 e. The lowest BCUT2D eigenvalue weighted by Crippen LogP contribution is -2.10. The quantitative estimate of drug-likeness (QED) is 0.785. The van der Waals surface area contributed by atoms with E-state index in [4.69, 9.17) is 11.6 Å². The van der Waals surface area contributed by atoms with Crippen LogP contribution in [0.3, 0.4) is 0 Å². The van der Waals surface area contributed by atoms with Crippen molar-refractivity contribution in [3.63, 3.8) is 0 Å². The molecule has 0 fully saturated rings. The Bertz CT molecular complexity index is 722. The van der Waals surface area contributed by atoms with Gasteiger partial charge in [-0.1, -0.05) is 18.5 Å². The number of benzene rings is 1. The molecule has 0 aliphatic rings. The first-order valence-corrected chi connectivity index (χ1v) is 7.41. The number of aryl methyl sites for hydroxylation is 1. The van der Waals surface area contributed by atoms with E-state index < -0.39 is 0 Å². The Labute approximate surface area is 125 Å². The van der Waals surface area contributed by atoms with E-state index in [0.717, 1.165) is 35.5 Å². The summed E-state index contributed by atoms with van der Waals surface area (Å²) in [6, 6.07) is 3.69. The molecule has 104 valence electrons. The van der Waals surface area contributed by atoms with Crippen molar-refractivity contribution in [2.75, 3.05) is 5.32 Å². The molecule has 0 bridgehead atoms. The molecule has 0 saturated carbocycles. The number of hydrogen-bond acceptors (Lipinski definition) is 6. The number of fused-ring (bicyclic) bond motifs is 1. The molecule has 0 radical (unpaired) electrons. The fourth-order valence-electron chi connectivity index (χ4n) is 1.99. The standard InChI is InChI=1S/C12H13ClN6S/c1-2-5-19-10(15-7-16-19)6-14-11-8(13)3-4-9-12(11)18-20-17-9/h3-4,7,14H,2,5-6H2,1H3. The number of halogens is 1. The van der Waals surface area contributed by atoms with Crippen molar-refractivity contribution in [3.05, 3.63) is 29.3 Å². The summed E-state index contributed by atoms with van der Waals surface area (Å²) in [5.74, 6) is 0.878. The van der Waals surface area contributed by atoms with E-state index in [0.29, 0.717) is 11.6 Å². The number of anilines is 1. The van der Waals surface area contributed by atoms with Gasteiger partial charge in [0.1, 0.15) is 23.2 Å². The van der Waals surface area contributed by atoms with E-state index in [1.165, 1.54) is 11.7 Å². The normalized spacial score (nSPS) is 11.1. The maximum absolute atomic E-state index is 6.23. The minimum atomic E-state index is 0.552. The molecule has 0 atom stereocenters. The molecule has 2 aromatic heterocycles. The van der Waals surface area contributed by atoms with Crippen molar-refractivity contribution in [2.24, 2.45) is 0 Å². The molecule has 0 unspecified atom stereocenters. The average Bonchev–Trinajstić information content (AvgIpc) is 3.07. The van der Waals surface area contributed by atoms with E-state index in [1.54, 1.807) is 6.33 Å². The molecule has 0 amide bonds. The van der Waals surface area contributed by atoms with Crippen LogP contribution >= 0.6 is 23.3 Å². The molecule has 2 heterocycles. The molecule has 3 rings (SSSR count). The minimum Gasteiger partial charge on any atom is -0.375 e. The SMILES string of the molecule is CCCn1ncnc1CNc1c(Cl)ccc2nsnc12. The number of hydrogen-bond donors (Lipinski definition) is 1. The average molecular weight is 309 g/mol. The molecule has 3 aromatic rings. The van der Waals surface area contributed by atoms with Crippen LogP contribution in [0.25, 0.3) is 11.0 Å². The van der Waals surface area contributed by atoms with Gasteiger partial charge in [-0.05, 0) is 18.6 Å². The van der Waals surface area contributed by atoms with Gasteiger partial charge in [-0.15, -0.1) is 0 Å². The van der Waals surface area contributed by atoms with Crippen LogP contribution in [0.15, 0.2) is 18.5 Å². The Morgan fingerprint density at radius 1 is 1.35 bits per heavy atom. The molecule has 1 aromatic carbocycles. The monoisotopic (exact) mass is 308 g/mol. The highest BCUT2D eigenvalue weighted by Crippen LogP contribution is 2.30. The zero-order valence-electron chi connectivity index (χ0n) is 10.9. The van der Waals surface area contributed by atoms with Gasteiger partial charge < -0.3 is 5.32 Å². The maximum atomic E-state index is 6.23. The van der Waals surface area contributed by atoms with Crippen LogP contribution in [0, 0.1) is 0 Å². The highest BCUT2D eigenvalue weighted by Gasteiger charge is 2.11. The van der Waals surface area contributed by atoms with E-state index in [9.17, 15) is 0 Å². The summed E-state index contributed by atoms with van der Waals surface area (Å²) in [6.07, 6.45) is 2.59. The Morgan fingerprint density at radius 2 is 2.25 bits per heavy atom. The predicted octanol–water partition coefficient (Wildman–Crippen LogP) is 2.96. The van der Waals surface area contributed by atoms with Gasteiger partial charge in [-0.3, -0.25) is 0 Å². The van der Waals surface area contributed by atoms with Crippen LogP contribution < -0.4 is 5.32 Å². The fraction of sp³-hybridized carbons (Fsp3) is 0.333. The number of nitrogens with zero attached hydrogens (tertiary/aromatic N) is 5. The Hall–Kier alpha value is -1.73. The molecule has 0 saturated heterocycles. The molecule has 1 N–H and O–H groups in total. The molecule has 0 aliphatic carbocycles. The van der Waals surface area contributed by atoms with Crippen molar-refractivity contribution in [1.82, 2.24) is 23.5 Å². The number of rotatable bonds is 5. The van der Waals surface area contributed by atoms with Crippen LogP contribution in [0.2, 0.25) is 5.02 Å². The lowest BCUT2D eigenvalue weighted by atomic mass is 10.2. The van der Waals surface area contributed by atoms with Gasteiger partial charge in [0.25, 0.3) is 0 Å². The second-order valence-corrected chi connectivity index (χ2v) is 5.24. The molecule has 6 nitrogen and oxygen atoms in total. The lowest BCUT2D eigenvalue weighted by Gasteiger charge is -2.09. The van der Waals surface area contributed by atoms with Crippen molar-refractivity contribution in [2.45, 2.75) is 26.4 Å². The predicted molar refractivity (Wildman–Crippen MR) is 80.1 cm³/mol. The first-order chi connectivity index (χ1) is 9.79. The largest absolute Gasteiger partial charge is 0.375 e. The minimum absolute atomic E-state index is 0.552. The summed E-state index contributed by atoms with van der Waals surface area (Å²) in [6.45, 7) is 3.51. The third kappa shape index (κ3) is 2.46. The topological polar surface area (TPSA) is 68.5 Å². The molecular weight excluding hydrogens is 296 g/mol. The highest BCUT2D eigenvalue weighted by atomic mass is 35.5. The van der Waals surface area contributed by atoms with E-state index in [-0.39, 0.29) is 0 Å². The summed E-state index contributed by atoms with van der Waals surface area (Å²) >= 11 is 7.41. The molecule has 20 heavy (non-hydrogen) atoms. The van der Waals surface area contributed by atoms with Gasteiger partial charge in [-0.25, -0.2) is 9.67 Å². The van der Waals surface area contributed by atoms with Gasteiger partial charge in [0.15, 0.2) is 0 Å². The van der Waals surface area contributed by atoms with Gasteiger partial charge in [0, 0.05) is 6.54 Å². The van der Waals surface area contributed by atoms with Gasteiger partial charge in [-0.2, -0.15) is 13.8 Å². The number of nitrogens with one attached hydrogen (secondary N) is 1. The highest BCUT2D eigenvalue weighted by molar-refractivity contribution is 7.00. The van der Waals surface area contributed by atoms with Crippen molar-refractivity contribution in [3.8, 4) is 0 Å². The van der Waals surface area contributed by atoms with Crippen molar-refractivity contribution >= 4 is 40.0 Å². The zero-order chi connectivity index (χ0) is 13.9. The molecule has 0 spiro atoms. The van der Waals surface area contributed by atoms with Crippen molar-refractivity contribution in [1.29, 1.82) is 0 Å². The molecule has 0 aliphatic heterocycles. The van der Waals surface area contributed by atoms with E-state index in [1.807, 2.05) is 16.8 Å². The number of aromatic nitrogens is 5. The fourth-order valence-corrected chi connectivity index (χ4v) is 2.75. The van der Waals surface area contributed by atoms with Gasteiger partial charge >= 0.3 is 0 Å². The first kappa shape index (κ1) is 13.3. The van der Waals surface area contributed by atoms with Gasteiger partial charge in [0.05, 0.1) is 29.0 Å². The first-order valence-electron chi connectivity index (χ1n) is 6.31. The maximum Gasteiger partial charge on any atom is 0.146 e. The second kappa shape index (κ2) is 5.72. The van der Waals surface area contributed by atoms with Crippen LogP contribution in [0.4, 0.5) is 5.69 Å². The summed E-state index contributed by atoms with van der Waals surface area (Å²) in [7, 11) is 0. The van der Waals surface area contributed by atoms with Crippen molar-refractivity contribution < 1.29 is 0 Å². The van der Waals surface area contributed by atoms with Crippen LogP contribution in [-0.2, 0) is 13.1 Å². The lowest BCUT2D eigenvalue weighted by molar-refractivity contribution is 0.574. The third-order valence-electron chi connectivity index (χ3n) is 2.93. The molecular formula is C12H13ClN6S. The van der Waals surface area contributed by atoms with Crippen LogP contribution in [0.1, 0.15) is 19.2 Å². The Kier molecular flexibility index (Phi) is 3.79. The summed E-state index contributed by atoms with van der Waals surface area (Å²) in [5, 5.41) is 8.12. The Balaban J connectivity index is 1.84. The van der Waals surface area contributed by atoms with Crippen LogP contribution in [0.5, 0.6) is 0 Å². The summed E-state index contributed by atoms with van der Waals surface area (Å²) in [4.78, 5) is 4.26. The van der Waals surface area contributed by atoms with E-state index in [2.05, 4.69) is 31.1 Å². The zero-order valence-corrected chi connectivity index (χ0v) is 12.4. The summed E-state index contributed by atoms with van der Waals surface area (Å²) in [5.41, 5.74) is 2.44. The Morgan fingerprint density at radius 3 is 3.10 bits per heavy atom.